The fraction of sp³-hybridized carbons (Fsp3) is 0.733. The summed E-state index contributed by atoms with van der Waals surface area (Å²) in [5, 5.41) is 3.44. The number of hydrogen-bond donors (Lipinski definition) is 1. The number of aromatic nitrogens is 2. The average Bonchev–Trinajstić information content (AvgIpc) is 2.56. The van der Waals surface area contributed by atoms with Crippen LogP contribution in [0.3, 0.4) is 0 Å². The molecule has 0 aromatic carbocycles. The first-order chi connectivity index (χ1) is 10.3. The van der Waals surface area contributed by atoms with Crippen molar-refractivity contribution in [1.29, 1.82) is 0 Å². The molecular weight excluding hydrogens is 302 g/mol. The SMILES string of the molecule is COc1ccnc(N2CCN(CC3CCNCC3)CC2)n1.Cl. The second kappa shape index (κ2) is 8.50. The zero-order valence-corrected chi connectivity index (χ0v) is 14.0. The maximum atomic E-state index is 5.17. The molecule has 1 N–H and O–H groups in total. The van der Waals surface area contributed by atoms with Crippen molar-refractivity contribution >= 4 is 18.4 Å². The fourth-order valence-electron chi connectivity index (χ4n) is 3.16. The minimum Gasteiger partial charge on any atom is -0.481 e. The summed E-state index contributed by atoms with van der Waals surface area (Å²) < 4.78 is 5.17. The Morgan fingerprint density at radius 3 is 2.64 bits per heavy atom. The molecule has 2 fully saturated rings. The Hall–Kier alpha value is -1.11. The van der Waals surface area contributed by atoms with Crippen LogP contribution in [-0.4, -0.2) is 67.8 Å². The lowest BCUT2D eigenvalue weighted by Crippen LogP contribution is -2.49. The number of nitrogens with one attached hydrogen (secondary N) is 1. The predicted octanol–water partition coefficient (Wildman–Crippen LogP) is 1.03. The van der Waals surface area contributed by atoms with Crippen molar-refractivity contribution in [3.63, 3.8) is 0 Å². The zero-order chi connectivity index (χ0) is 14.5. The number of anilines is 1. The molecule has 0 unspecified atom stereocenters. The molecule has 2 aliphatic rings. The van der Waals surface area contributed by atoms with E-state index < -0.39 is 0 Å². The summed E-state index contributed by atoms with van der Waals surface area (Å²) in [5.74, 6) is 2.29. The Balaban J connectivity index is 0.00000176. The number of hydrogen-bond acceptors (Lipinski definition) is 6. The molecular formula is C15H26ClN5O. The molecule has 0 radical (unpaired) electrons. The third-order valence-corrected chi connectivity index (χ3v) is 4.46. The van der Waals surface area contributed by atoms with Crippen molar-refractivity contribution in [2.75, 3.05) is 57.8 Å². The van der Waals surface area contributed by atoms with Crippen LogP contribution in [0.1, 0.15) is 12.8 Å². The Morgan fingerprint density at radius 1 is 1.23 bits per heavy atom. The number of ether oxygens (including phenoxy) is 1. The molecule has 1 aromatic heterocycles. The van der Waals surface area contributed by atoms with Crippen LogP contribution < -0.4 is 15.0 Å². The Morgan fingerprint density at radius 2 is 1.95 bits per heavy atom. The minimum atomic E-state index is 0. The normalized spacial score (nSPS) is 20.5. The molecule has 1 aromatic rings. The molecule has 3 heterocycles. The Kier molecular flexibility index (Phi) is 6.67. The summed E-state index contributed by atoms with van der Waals surface area (Å²) in [5.41, 5.74) is 0. The maximum absolute atomic E-state index is 5.17. The lowest BCUT2D eigenvalue weighted by atomic mass is 9.97. The molecule has 7 heteroatoms. The monoisotopic (exact) mass is 327 g/mol. The number of nitrogens with zero attached hydrogens (tertiary/aromatic N) is 4. The molecule has 0 amide bonds. The molecule has 3 rings (SSSR count). The lowest BCUT2D eigenvalue weighted by Gasteiger charge is -2.37. The van der Waals surface area contributed by atoms with Crippen molar-refractivity contribution in [1.82, 2.24) is 20.2 Å². The second-order valence-electron chi connectivity index (χ2n) is 5.88. The van der Waals surface area contributed by atoms with E-state index in [1.165, 1.54) is 32.5 Å². The first-order valence-electron chi connectivity index (χ1n) is 7.90. The summed E-state index contributed by atoms with van der Waals surface area (Å²) >= 11 is 0. The van der Waals surface area contributed by atoms with Gasteiger partial charge < -0.3 is 15.0 Å². The van der Waals surface area contributed by atoms with E-state index in [9.17, 15) is 0 Å². The van der Waals surface area contributed by atoms with Crippen LogP contribution in [0.15, 0.2) is 12.3 Å². The molecule has 0 saturated carbocycles. The first-order valence-corrected chi connectivity index (χ1v) is 7.90. The fourth-order valence-corrected chi connectivity index (χ4v) is 3.16. The van der Waals surface area contributed by atoms with Crippen LogP contribution in [0.5, 0.6) is 5.88 Å². The average molecular weight is 328 g/mol. The van der Waals surface area contributed by atoms with Gasteiger partial charge >= 0.3 is 0 Å². The van der Waals surface area contributed by atoms with Crippen molar-refractivity contribution in [2.24, 2.45) is 5.92 Å². The van der Waals surface area contributed by atoms with Crippen LogP contribution >= 0.6 is 12.4 Å². The molecule has 22 heavy (non-hydrogen) atoms. The van der Waals surface area contributed by atoms with Gasteiger partial charge in [0.2, 0.25) is 11.8 Å². The van der Waals surface area contributed by atoms with Gasteiger partial charge in [0.25, 0.3) is 0 Å². The summed E-state index contributed by atoms with van der Waals surface area (Å²) in [4.78, 5) is 13.6. The van der Waals surface area contributed by atoms with Gasteiger partial charge in [-0.3, -0.25) is 4.90 Å². The zero-order valence-electron chi connectivity index (χ0n) is 13.2. The number of piperidine rings is 1. The van der Waals surface area contributed by atoms with E-state index in [0.29, 0.717) is 5.88 Å². The molecule has 124 valence electrons. The van der Waals surface area contributed by atoms with Gasteiger partial charge in [-0.2, -0.15) is 4.98 Å². The highest BCUT2D eigenvalue weighted by molar-refractivity contribution is 5.85. The molecule has 0 bridgehead atoms. The molecule has 6 nitrogen and oxygen atoms in total. The Bertz CT molecular complexity index is 447. The van der Waals surface area contributed by atoms with Gasteiger partial charge in [-0.15, -0.1) is 12.4 Å². The summed E-state index contributed by atoms with van der Waals surface area (Å²) in [6.07, 6.45) is 4.40. The number of piperazine rings is 1. The summed E-state index contributed by atoms with van der Waals surface area (Å²) in [6, 6.07) is 1.79. The van der Waals surface area contributed by atoms with E-state index in [4.69, 9.17) is 4.74 Å². The van der Waals surface area contributed by atoms with E-state index in [1.807, 2.05) is 0 Å². The maximum Gasteiger partial charge on any atom is 0.228 e. The van der Waals surface area contributed by atoms with Gasteiger partial charge in [-0.1, -0.05) is 0 Å². The highest BCUT2D eigenvalue weighted by Crippen LogP contribution is 2.17. The Labute approximate surface area is 138 Å². The number of rotatable bonds is 4. The smallest absolute Gasteiger partial charge is 0.228 e. The highest BCUT2D eigenvalue weighted by atomic mass is 35.5. The van der Waals surface area contributed by atoms with E-state index in [0.717, 1.165) is 38.0 Å². The third-order valence-electron chi connectivity index (χ3n) is 4.46. The molecule has 2 aliphatic heterocycles. The minimum absolute atomic E-state index is 0. The largest absolute Gasteiger partial charge is 0.481 e. The van der Waals surface area contributed by atoms with Gasteiger partial charge in [-0.25, -0.2) is 4.98 Å². The van der Waals surface area contributed by atoms with E-state index in [-0.39, 0.29) is 12.4 Å². The number of halogens is 1. The van der Waals surface area contributed by atoms with Crippen LogP contribution in [-0.2, 0) is 0 Å². The van der Waals surface area contributed by atoms with Crippen LogP contribution in [0.4, 0.5) is 5.95 Å². The standard InChI is InChI=1S/C15H25N5O.ClH/c1-21-14-4-7-17-15(18-14)20-10-8-19(9-11-20)12-13-2-5-16-6-3-13;/h4,7,13,16H,2-3,5-6,8-12H2,1H3;1H. The van der Waals surface area contributed by atoms with Gasteiger partial charge in [0.15, 0.2) is 0 Å². The topological polar surface area (TPSA) is 53.5 Å². The van der Waals surface area contributed by atoms with Crippen LogP contribution in [0.2, 0.25) is 0 Å². The summed E-state index contributed by atoms with van der Waals surface area (Å²) in [7, 11) is 1.64. The van der Waals surface area contributed by atoms with Crippen LogP contribution in [0, 0.1) is 5.92 Å². The molecule has 0 spiro atoms. The van der Waals surface area contributed by atoms with Crippen molar-refractivity contribution in [3.8, 4) is 5.88 Å². The molecule has 2 saturated heterocycles. The molecule has 0 aliphatic carbocycles. The van der Waals surface area contributed by atoms with Crippen molar-refractivity contribution < 1.29 is 4.74 Å². The first kappa shape index (κ1) is 17.2. The lowest BCUT2D eigenvalue weighted by molar-refractivity contribution is 0.196. The highest BCUT2D eigenvalue weighted by Gasteiger charge is 2.22. The quantitative estimate of drug-likeness (QED) is 0.891. The predicted molar refractivity (Wildman–Crippen MR) is 90.1 cm³/mol. The van der Waals surface area contributed by atoms with Gasteiger partial charge in [-0.05, 0) is 31.8 Å². The van der Waals surface area contributed by atoms with Gasteiger partial charge in [0.1, 0.15) is 0 Å². The number of methoxy groups -OCH3 is 1. The van der Waals surface area contributed by atoms with E-state index in [1.54, 1.807) is 19.4 Å². The van der Waals surface area contributed by atoms with Crippen molar-refractivity contribution in [3.05, 3.63) is 12.3 Å². The van der Waals surface area contributed by atoms with Crippen molar-refractivity contribution in [2.45, 2.75) is 12.8 Å². The summed E-state index contributed by atoms with van der Waals surface area (Å²) in [6.45, 7) is 7.81. The third kappa shape index (κ3) is 4.44. The second-order valence-corrected chi connectivity index (χ2v) is 5.88. The van der Waals surface area contributed by atoms with E-state index in [2.05, 4.69) is 25.1 Å². The van der Waals surface area contributed by atoms with Gasteiger partial charge in [0.05, 0.1) is 7.11 Å². The van der Waals surface area contributed by atoms with Crippen LogP contribution in [0.25, 0.3) is 0 Å². The molecule has 0 atom stereocenters. The van der Waals surface area contributed by atoms with E-state index >= 15 is 0 Å². The van der Waals surface area contributed by atoms with Gasteiger partial charge in [0, 0.05) is 45.0 Å².